The Labute approximate surface area is 147 Å². The van der Waals surface area contributed by atoms with E-state index in [9.17, 15) is 14.7 Å². The first-order valence-corrected chi connectivity index (χ1v) is 8.47. The van der Waals surface area contributed by atoms with Crippen LogP contribution in [0.2, 0.25) is 0 Å². The number of carboxylic acid groups (broad SMARTS) is 1. The number of hydrogen-bond donors (Lipinski definition) is 1. The van der Waals surface area contributed by atoms with Crippen molar-refractivity contribution < 1.29 is 24.2 Å². The number of fused-ring (bicyclic) bond motifs is 1. The van der Waals surface area contributed by atoms with Crippen LogP contribution in [0.25, 0.3) is 0 Å². The molecule has 0 bridgehead atoms. The van der Waals surface area contributed by atoms with Crippen molar-refractivity contribution in [1.82, 2.24) is 4.90 Å². The fourth-order valence-corrected chi connectivity index (χ4v) is 3.73. The van der Waals surface area contributed by atoms with Gasteiger partial charge in [0, 0.05) is 12.5 Å². The van der Waals surface area contributed by atoms with Crippen molar-refractivity contribution in [1.29, 1.82) is 0 Å². The van der Waals surface area contributed by atoms with Crippen molar-refractivity contribution in [2.45, 2.75) is 31.7 Å². The average Bonchev–Trinajstić information content (AvgIpc) is 3.14. The summed E-state index contributed by atoms with van der Waals surface area (Å²) in [5, 5.41) is 9.38. The molecule has 0 saturated carbocycles. The number of hydrogen-bond acceptors (Lipinski definition) is 4. The van der Waals surface area contributed by atoms with Gasteiger partial charge in [0.25, 0.3) is 0 Å². The predicted molar refractivity (Wildman–Crippen MR) is 91.8 cm³/mol. The quantitative estimate of drug-likeness (QED) is 0.830. The van der Waals surface area contributed by atoms with Crippen molar-refractivity contribution in [3.8, 4) is 11.5 Å². The summed E-state index contributed by atoms with van der Waals surface area (Å²) in [5.74, 6) is 0.216. The van der Waals surface area contributed by atoms with Gasteiger partial charge in [0.15, 0.2) is 11.5 Å². The lowest BCUT2D eigenvalue weighted by molar-refractivity contribution is -0.143. The average molecular weight is 345 g/mol. The molecule has 134 valence electrons. The number of ether oxygens (including phenoxy) is 2. The summed E-state index contributed by atoms with van der Waals surface area (Å²) >= 11 is 0. The Bertz CT molecular complexity index is 704. The zero-order valence-electron chi connectivity index (χ0n) is 14.5. The molecule has 6 heteroatoms. The summed E-state index contributed by atoms with van der Waals surface area (Å²) < 4.78 is 10.7. The molecule has 0 spiro atoms. The number of benzene rings is 1. The molecule has 1 N–H and O–H groups in total. The normalized spacial score (nSPS) is 19.6. The molecule has 1 aliphatic heterocycles. The third-order valence-electron chi connectivity index (χ3n) is 5.01. The van der Waals surface area contributed by atoms with Crippen LogP contribution in [-0.2, 0) is 16.0 Å². The summed E-state index contributed by atoms with van der Waals surface area (Å²) in [5.41, 5.74) is 1.85. The number of carboxylic acids is 1. The molecule has 0 saturated heterocycles. The molecule has 25 heavy (non-hydrogen) atoms. The Morgan fingerprint density at radius 1 is 1.16 bits per heavy atom. The van der Waals surface area contributed by atoms with Crippen LogP contribution in [0.3, 0.4) is 0 Å². The van der Waals surface area contributed by atoms with Gasteiger partial charge in [-0.05, 0) is 42.5 Å². The van der Waals surface area contributed by atoms with E-state index in [-0.39, 0.29) is 18.2 Å². The van der Waals surface area contributed by atoms with E-state index in [0.717, 1.165) is 24.0 Å². The first-order valence-electron chi connectivity index (χ1n) is 8.47. The second-order valence-corrected chi connectivity index (χ2v) is 6.44. The van der Waals surface area contributed by atoms with Crippen LogP contribution in [-0.4, -0.2) is 42.6 Å². The van der Waals surface area contributed by atoms with Gasteiger partial charge in [-0.3, -0.25) is 9.59 Å². The first kappa shape index (κ1) is 17.3. The first-order chi connectivity index (χ1) is 12.0. The maximum atomic E-state index is 12.9. The molecular weight excluding hydrogens is 322 g/mol. The maximum absolute atomic E-state index is 12.9. The second kappa shape index (κ2) is 7.17. The highest BCUT2D eigenvalue weighted by molar-refractivity contribution is 5.81. The number of rotatable bonds is 5. The predicted octanol–water partition coefficient (Wildman–Crippen LogP) is 2.57. The van der Waals surface area contributed by atoms with E-state index in [1.165, 1.54) is 0 Å². The van der Waals surface area contributed by atoms with Crippen molar-refractivity contribution >= 4 is 11.9 Å². The molecular formula is C19H23NO5. The van der Waals surface area contributed by atoms with E-state index >= 15 is 0 Å². The maximum Gasteiger partial charge on any atom is 0.305 e. The minimum Gasteiger partial charge on any atom is -0.493 e. The molecule has 1 unspecified atom stereocenters. The van der Waals surface area contributed by atoms with Crippen molar-refractivity contribution in [3.63, 3.8) is 0 Å². The molecule has 1 aromatic carbocycles. The van der Waals surface area contributed by atoms with E-state index in [1.54, 1.807) is 19.1 Å². The van der Waals surface area contributed by atoms with Crippen LogP contribution in [0, 0.1) is 5.92 Å². The van der Waals surface area contributed by atoms with E-state index < -0.39 is 12.0 Å². The molecule has 6 nitrogen and oxygen atoms in total. The Hall–Kier alpha value is -2.50. The molecule has 0 radical (unpaired) electrons. The third-order valence-corrected chi connectivity index (χ3v) is 5.01. The van der Waals surface area contributed by atoms with Crippen molar-refractivity contribution in [3.05, 3.63) is 35.4 Å². The molecule has 3 rings (SSSR count). The van der Waals surface area contributed by atoms with Crippen LogP contribution < -0.4 is 9.47 Å². The van der Waals surface area contributed by atoms with E-state index in [0.29, 0.717) is 24.5 Å². The lowest BCUT2D eigenvalue weighted by Crippen LogP contribution is -2.43. The SMILES string of the molecule is COc1cc2c(cc1OC)C(CC(=O)O)N(C(=O)C1CC=CC1)CC2. The van der Waals surface area contributed by atoms with Crippen LogP contribution in [0.1, 0.15) is 36.4 Å². The van der Waals surface area contributed by atoms with Crippen molar-refractivity contribution in [2.24, 2.45) is 5.92 Å². The smallest absolute Gasteiger partial charge is 0.305 e. The number of nitrogens with zero attached hydrogens (tertiary/aromatic N) is 1. The molecule has 1 heterocycles. The Kier molecular flexibility index (Phi) is 4.97. The Balaban J connectivity index is 1.97. The molecule has 1 atom stereocenters. The number of carbonyl (C=O) groups is 2. The van der Waals surface area contributed by atoms with Gasteiger partial charge in [-0.25, -0.2) is 0 Å². The minimum absolute atomic E-state index is 0.0386. The molecule has 1 amide bonds. The van der Waals surface area contributed by atoms with Gasteiger partial charge in [0.2, 0.25) is 5.91 Å². The number of aliphatic carboxylic acids is 1. The van der Waals surface area contributed by atoms with Gasteiger partial charge in [-0.15, -0.1) is 0 Å². The fourth-order valence-electron chi connectivity index (χ4n) is 3.73. The highest BCUT2D eigenvalue weighted by atomic mass is 16.5. The van der Waals surface area contributed by atoms with E-state index in [1.807, 2.05) is 24.3 Å². The lowest BCUT2D eigenvalue weighted by Gasteiger charge is -2.38. The fraction of sp³-hybridized carbons (Fsp3) is 0.474. The summed E-state index contributed by atoms with van der Waals surface area (Å²) in [4.78, 5) is 26.1. The topological polar surface area (TPSA) is 76.1 Å². The molecule has 2 aliphatic rings. The zero-order valence-corrected chi connectivity index (χ0v) is 14.5. The highest BCUT2D eigenvalue weighted by Gasteiger charge is 2.36. The summed E-state index contributed by atoms with van der Waals surface area (Å²) in [6.45, 7) is 0.524. The summed E-state index contributed by atoms with van der Waals surface area (Å²) in [6.07, 6.45) is 6.05. The molecule has 1 aromatic rings. The van der Waals surface area contributed by atoms with E-state index in [4.69, 9.17) is 9.47 Å². The van der Waals surface area contributed by atoms with Gasteiger partial charge in [-0.1, -0.05) is 12.2 Å². The third kappa shape index (κ3) is 3.34. The number of allylic oxidation sites excluding steroid dienone is 2. The van der Waals surface area contributed by atoms with Crippen LogP contribution in [0.15, 0.2) is 24.3 Å². The largest absolute Gasteiger partial charge is 0.493 e. The van der Waals surface area contributed by atoms with Gasteiger partial charge >= 0.3 is 5.97 Å². The van der Waals surface area contributed by atoms with Crippen LogP contribution >= 0.6 is 0 Å². The van der Waals surface area contributed by atoms with Gasteiger partial charge in [0.05, 0.1) is 26.7 Å². The molecule has 1 aliphatic carbocycles. The number of carbonyl (C=O) groups excluding carboxylic acids is 1. The van der Waals surface area contributed by atoms with Crippen LogP contribution in [0.5, 0.6) is 11.5 Å². The summed E-state index contributed by atoms with van der Waals surface area (Å²) in [7, 11) is 3.12. The second-order valence-electron chi connectivity index (χ2n) is 6.44. The molecule has 0 fully saturated rings. The monoisotopic (exact) mass is 345 g/mol. The molecule has 0 aromatic heterocycles. The van der Waals surface area contributed by atoms with Gasteiger partial charge in [0.1, 0.15) is 0 Å². The standard InChI is InChI=1S/C19H23NO5/c1-24-16-9-13-7-8-20(19(23)12-5-3-4-6-12)15(11-18(21)22)14(13)10-17(16)25-2/h3-4,9-10,12,15H,5-8,11H2,1-2H3,(H,21,22). The van der Waals surface area contributed by atoms with Gasteiger partial charge < -0.3 is 19.5 Å². The van der Waals surface area contributed by atoms with Crippen molar-refractivity contribution in [2.75, 3.05) is 20.8 Å². The lowest BCUT2D eigenvalue weighted by atomic mass is 9.88. The highest BCUT2D eigenvalue weighted by Crippen LogP contribution is 2.40. The van der Waals surface area contributed by atoms with E-state index in [2.05, 4.69) is 0 Å². The minimum atomic E-state index is -0.921. The van der Waals surface area contributed by atoms with Crippen LogP contribution in [0.4, 0.5) is 0 Å². The summed E-state index contributed by atoms with van der Waals surface area (Å²) in [6, 6.07) is 3.23. The Morgan fingerprint density at radius 2 is 1.80 bits per heavy atom. The number of methoxy groups -OCH3 is 2. The number of amides is 1. The Morgan fingerprint density at radius 3 is 2.40 bits per heavy atom. The van der Waals surface area contributed by atoms with Gasteiger partial charge in [-0.2, -0.15) is 0 Å². The zero-order chi connectivity index (χ0) is 18.0.